The van der Waals surface area contributed by atoms with Gasteiger partial charge in [-0.3, -0.25) is 9.69 Å². The highest BCUT2D eigenvalue weighted by atomic mass is 32.1. The van der Waals surface area contributed by atoms with Crippen LogP contribution in [0.2, 0.25) is 0 Å². The van der Waals surface area contributed by atoms with E-state index in [1.54, 1.807) is 6.07 Å². The highest BCUT2D eigenvalue weighted by molar-refractivity contribution is 7.16. The van der Waals surface area contributed by atoms with Crippen LogP contribution in [0.1, 0.15) is 43.3 Å². The summed E-state index contributed by atoms with van der Waals surface area (Å²) in [6.45, 7) is 5.04. The van der Waals surface area contributed by atoms with Crippen LogP contribution in [0.5, 0.6) is 0 Å². The molecule has 2 heterocycles. The third kappa shape index (κ3) is 2.62. The van der Waals surface area contributed by atoms with E-state index in [4.69, 9.17) is 0 Å². The van der Waals surface area contributed by atoms with Crippen LogP contribution in [0.15, 0.2) is 10.9 Å². The number of aromatic nitrogens is 3. The number of hydrogen-bond donors (Lipinski definition) is 0. The van der Waals surface area contributed by atoms with Crippen molar-refractivity contribution in [2.45, 2.75) is 58.2 Å². The summed E-state index contributed by atoms with van der Waals surface area (Å²) in [5.41, 5.74) is 0.831. The topological polar surface area (TPSA) is 50.5 Å². The van der Waals surface area contributed by atoms with E-state index < -0.39 is 0 Å². The maximum absolute atomic E-state index is 12.1. The molecule has 0 spiro atoms. The molecule has 5 nitrogen and oxygen atoms in total. The molecule has 0 saturated heterocycles. The molecule has 6 heteroatoms. The van der Waals surface area contributed by atoms with Crippen molar-refractivity contribution in [1.82, 2.24) is 19.5 Å². The second kappa shape index (κ2) is 4.88. The first-order valence-electron chi connectivity index (χ1n) is 7.74. The molecule has 2 aromatic heterocycles. The lowest BCUT2D eigenvalue weighted by Gasteiger charge is -2.28. The van der Waals surface area contributed by atoms with Crippen LogP contribution < -0.4 is 5.56 Å². The Morgan fingerprint density at radius 3 is 2.86 bits per heavy atom. The van der Waals surface area contributed by atoms with E-state index in [2.05, 4.69) is 21.9 Å². The van der Waals surface area contributed by atoms with Gasteiger partial charge in [0.05, 0.1) is 5.69 Å². The van der Waals surface area contributed by atoms with Gasteiger partial charge in [0.15, 0.2) is 0 Å². The van der Waals surface area contributed by atoms with Crippen molar-refractivity contribution in [2.75, 3.05) is 0 Å². The zero-order valence-electron chi connectivity index (χ0n) is 12.5. The Balaban J connectivity index is 1.64. The number of aryl methyl sites for hydroxylation is 1. The van der Waals surface area contributed by atoms with Crippen molar-refractivity contribution in [3.05, 3.63) is 27.1 Å². The van der Waals surface area contributed by atoms with Crippen LogP contribution in [-0.2, 0) is 6.54 Å². The molecule has 0 amide bonds. The van der Waals surface area contributed by atoms with Crippen molar-refractivity contribution >= 4 is 16.3 Å². The molecular weight excluding hydrogens is 284 g/mol. The van der Waals surface area contributed by atoms with E-state index in [1.165, 1.54) is 41.5 Å². The van der Waals surface area contributed by atoms with Crippen molar-refractivity contribution in [1.29, 1.82) is 0 Å². The molecule has 2 aliphatic carbocycles. The van der Waals surface area contributed by atoms with Gasteiger partial charge in [-0.25, -0.2) is 4.98 Å². The predicted molar refractivity (Wildman–Crippen MR) is 82.6 cm³/mol. The number of nitrogens with zero attached hydrogens (tertiary/aromatic N) is 4. The molecule has 21 heavy (non-hydrogen) atoms. The van der Waals surface area contributed by atoms with Gasteiger partial charge in [0.25, 0.3) is 5.56 Å². The minimum absolute atomic E-state index is 0.0610. The van der Waals surface area contributed by atoms with Crippen molar-refractivity contribution in [3.63, 3.8) is 0 Å². The normalized spacial score (nSPS) is 20.3. The second-order valence-electron chi connectivity index (χ2n) is 6.38. The standard InChI is InChI=1S/C15H20N4OS/c1-9(11-3-4-11)18(13-5-6-13)8-12-7-14(20)19-15(16-12)21-10(2)17-19/h7,9,11,13H,3-6,8H2,1-2H3/t9-/m1/s1. The van der Waals surface area contributed by atoms with E-state index in [0.717, 1.165) is 23.2 Å². The summed E-state index contributed by atoms with van der Waals surface area (Å²) >= 11 is 1.48. The molecule has 2 aromatic rings. The summed E-state index contributed by atoms with van der Waals surface area (Å²) in [6, 6.07) is 2.96. The minimum Gasteiger partial charge on any atom is -0.292 e. The van der Waals surface area contributed by atoms with Crippen molar-refractivity contribution < 1.29 is 0 Å². The molecule has 2 aliphatic rings. The van der Waals surface area contributed by atoms with Gasteiger partial charge < -0.3 is 0 Å². The molecule has 0 unspecified atom stereocenters. The molecule has 0 bridgehead atoms. The zero-order valence-corrected chi connectivity index (χ0v) is 13.3. The zero-order chi connectivity index (χ0) is 14.6. The third-order valence-corrected chi connectivity index (χ3v) is 5.41. The third-order valence-electron chi connectivity index (χ3n) is 4.59. The van der Waals surface area contributed by atoms with E-state index in [1.807, 2.05) is 6.92 Å². The molecule has 0 radical (unpaired) electrons. The molecule has 0 aromatic carbocycles. The molecule has 1 atom stereocenters. The first-order valence-corrected chi connectivity index (χ1v) is 8.55. The average molecular weight is 304 g/mol. The van der Waals surface area contributed by atoms with Crippen molar-refractivity contribution in [2.24, 2.45) is 5.92 Å². The van der Waals surface area contributed by atoms with E-state index in [0.29, 0.717) is 17.0 Å². The van der Waals surface area contributed by atoms with E-state index in [-0.39, 0.29) is 5.56 Å². The first-order chi connectivity index (χ1) is 10.1. The lowest BCUT2D eigenvalue weighted by atomic mass is 10.1. The molecule has 0 N–H and O–H groups in total. The largest absolute Gasteiger partial charge is 0.292 e. The van der Waals surface area contributed by atoms with Crippen molar-refractivity contribution in [3.8, 4) is 0 Å². The van der Waals surface area contributed by atoms with Crippen LogP contribution in [0.3, 0.4) is 0 Å². The molecule has 0 aliphatic heterocycles. The van der Waals surface area contributed by atoms with Gasteiger partial charge in [-0.2, -0.15) is 9.61 Å². The van der Waals surface area contributed by atoms with Gasteiger partial charge in [-0.15, -0.1) is 0 Å². The van der Waals surface area contributed by atoms with Crippen LogP contribution in [-0.4, -0.2) is 31.6 Å². The Bertz CT molecular complexity index is 729. The van der Waals surface area contributed by atoms with Crippen LogP contribution in [0, 0.1) is 12.8 Å². The average Bonchev–Trinajstić information content (AvgIpc) is 3.33. The maximum Gasteiger partial charge on any atom is 0.275 e. The van der Waals surface area contributed by atoms with Gasteiger partial charge in [0.1, 0.15) is 5.01 Å². The number of rotatable bonds is 5. The van der Waals surface area contributed by atoms with E-state index in [9.17, 15) is 4.79 Å². The highest BCUT2D eigenvalue weighted by Gasteiger charge is 2.39. The first kappa shape index (κ1) is 13.4. The summed E-state index contributed by atoms with van der Waals surface area (Å²) in [6.07, 6.45) is 5.29. The summed E-state index contributed by atoms with van der Waals surface area (Å²) in [5.74, 6) is 0.848. The lowest BCUT2D eigenvalue weighted by molar-refractivity contribution is 0.168. The fraction of sp³-hybridized carbons (Fsp3) is 0.667. The summed E-state index contributed by atoms with van der Waals surface area (Å²) in [7, 11) is 0. The predicted octanol–water partition coefficient (Wildman–Crippen LogP) is 2.22. The van der Waals surface area contributed by atoms with Gasteiger partial charge in [-0.05, 0) is 45.4 Å². The van der Waals surface area contributed by atoms with Crippen LogP contribution in [0.25, 0.3) is 4.96 Å². The Labute approximate surface area is 127 Å². The SMILES string of the molecule is Cc1nn2c(=O)cc(CN(C3CC3)[C@H](C)C3CC3)nc2s1. The van der Waals surface area contributed by atoms with Gasteiger partial charge in [0.2, 0.25) is 4.96 Å². The highest BCUT2D eigenvalue weighted by Crippen LogP contribution is 2.40. The molecule has 112 valence electrons. The summed E-state index contributed by atoms with van der Waals surface area (Å²) < 4.78 is 1.41. The Morgan fingerprint density at radius 2 is 2.19 bits per heavy atom. The van der Waals surface area contributed by atoms with Gasteiger partial charge in [-0.1, -0.05) is 11.3 Å². The lowest BCUT2D eigenvalue weighted by Crippen LogP contribution is -2.36. The molecular formula is C15H20N4OS. The van der Waals surface area contributed by atoms with Crippen LogP contribution in [0.4, 0.5) is 0 Å². The fourth-order valence-corrected chi connectivity index (χ4v) is 3.85. The Morgan fingerprint density at radius 1 is 1.43 bits per heavy atom. The van der Waals surface area contributed by atoms with Gasteiger partial charge >= 0.3 is 0 Å². The van der Waals surface area contributed by atoms with Gasteiger partial charge in [0, 0.05) is 24.7 Å². The van der Waals surface area contributed by atoms with E-state index >= 15 is 0 Å². The molecule has 4 rings (SSSR count). The second-order valence-corrected chi connectivity index (χ2v) is 7.54. The smallest absolute Gasteiger partial charge is 0.275 e. The Hall–Kier alpha value is -1.27. The Kier molecular flexibility index (Phi) is 3.11. The summed E-state index contributed by atoms with van der Waals surface area (Å²) in [4.78, 5) is 20.1. The monoisotopic (exact) mass is 304 g/mol. The maximum atomic E-state index is 12.1. The number of fused-ring (bicyclic) bond motifs is 1. The fourth-order valence-electron chi connectivity index (χ4n) is 3.08. The minimum atomic E-state index is -0.0610. The number of hydrogen-bond acceptors (Lipinski definition) is 5. The summed E-state index contributed by atoms with van der Waals surface area (Å²) in [5, 5.41) is 5.08. The van der Waals surface area contributed by atoms with Crippen LogP contribution >= 0.6 is 11.3 Å². The quantitative estimate of drug-likeness (QED) is 0.850. The molecule has 2 fully saturated rings. The molecule has 2 saturated carbocycles.